The van der Waals surface area contributed by atoms with Crippen LogP contribution in [0.1, 0.15) is 40.5 Å². The van der Waals surface area contributed by atoms with Gasteiger partial charge in [0.2, 0.25) is 5.91 Å². The Morgan fingerprint density at radius 3 is 2.32 bits per heavy atom. The Morgan fingerprint density at radius 2 is 1.95 bits per heavy atom. The quantitative estimate of drug-likeness (QED) is 0.685. The first-order valence-corrected chi connectivity index (χ1v) is 7.02. The molecule has 1 saturated carbocycles. The number of carboxylic acid groups (broad SMARTS) is 1. The van der Waals surface area contributed by atoms with Crippen molar-refractivity contribution < 1.29 is 14.7 Å². The molecule has 0 radical (unpaired) electrons. The van der Waals surface area contributed by atoms with Crippen LogP contribution in [-0.2, 0) is 9.59 Å². The number of nitrogens with one attached hydrogen (secondary N) is 1. The lowest BCUT2D eigenvalue weighted by Gasteiger charge is -2.26. The van der Waals surface area contributed by atoms with Gasteiger partial charge in [-0.3, -0.25) is 14.5 Å². The summed E-state index contributed by atoms with van der Waals surface area (Å²) >= 11 is 0. The molecule has 1 aliphatic carbocycles. The fraction of sp³-hybridized carbons (Fsp3) is 0.857. The second kappa shape index (κ2) is 6.37. The molecule has 1 rings (SSSR count). The van der Waals surface area contributed by atoms with Crippen LogP contribution >= 0.6 is 0 Å². The van der Waals surface area contributed by atoms with Crippen molar-refractivity contribution in [3.63, 3.8) is 0 Å². The van der Waals surface area contributed by atoms with Gasteiger partial charge in [0.25, 0.3) is 0 Å². The van der Waals surface area contributed by atoms with Crippen LogP contribution in [0.5, 0.6) is 0 Å². The fourth-order valence-electron chi connectivity index (χ4n) is 2.34. The smallest absolute Gasteiger partial charge is 0.316 e. The highest BCUT2D eigenvalue weighted by Crippen LogP contribution is 2.27. The summed E-state index contributed by atoms with van der Waals surface area (Å²) < 4.78 is 0. The molecule has 0 aliphatic heterocycles. The Labute approximate surface area is 115 Å². The van der Waals surface area contributed by atoms with Gasteiger partial charge in [-0.15, -0.1) is 0 Å². The second-order valence-corrected chi connectivity index (χ2v) is 6.29. The van der Waals surface area contributed by atoms with Gasteiger partial charge in [-0.05, 0) is 24.8 Å². The molecule has 110 valence electrons. The number of nitrogens with zero attached hydrogens (tertiary/aromatic N) is 1. The largest absolute Gasteiger partial charge is 0.481 e. The van der Waals surface area contributed by atoms with E-state index in [1.54, 1.807) is 20.8 Å². The topological polar surface area (TPSA) is 69.6 Å². The zero-order valence-corrected chi connectivity index (χ0v) is 12.4. The van der Waals surface area contributed by atoms with Gasteiger partial charge in [-0.1, -0.05) is 27.7 Å². The van der Waals surface area contributed by atoms with Crippen LogP contribution in [0.25, 0.3) is 0 Å². The maximum atomic E-state index is 12.0. The van der Waals surface area contributed by atoms with Crippen LogP contribution in [0.2, 0.25) is 0 Å². The van der Waals surface area contributed by atoms with Crippen molar-refractivity contribution in [1.82, 2.24) is 10.2 Å². The predicted molar refractivity (Wildman–Crippen MR) is 73.9 cm³/mol. The summed E-state index contributed by atoms with van der Waals surface area (Å²) in [5, 5.41) is 11.9. The molecule has 0 heterocycles. The average Bonchev–Trinajstić information content (AvgIpc) is 3.05. The van der Waals surface area contributed by atoms with E-state index in [0.717, 1.165) is 13.1 Å². The minimum absolute atomic E-state index is 0.383. The highest BCUT2D eigenvalue weighted by Gasteiger charge is 2.37. The predicted octanol–water partition coefficient (Wildman–Crippen LogP) is 1.33. The van der Waals surface area contributed by atoms with Gasteiger partial charge >= 0.3 is 5.97 Å². The maximum absolute atomic E-state index is 12.0. The Balaban J connectivity index is 2.42. The Hall–Kier alpha value is -1.10. The van der Waals surface area contributed by atoms with E-state index in [4.69, 9.17) is 5.11 Å². The van der Waals surface area contributed by atoms with E-state index in [0.29, 0.717) is 12.6 Å². The lowest BCUT2D eigenvalue weighted by molar-refractivity contribution is -0.151. The molecule has 0 spiro atoms. The molecule has 1 amide bonds. The van der Waals surface area contributed by atoms with Crippen LogP contribution in [0.3, 0.4) is 0 Å². The molecule has 0 aromatic carbocycles. The third-order valence-electron chi connectivity index (χ3n) is 3.54. The van der Waals surface area contributed by atoms with Crippen LogP contribution < -0.4 is 5.32 Å². The van der Waals surface area contributed by atoms with Crippen LogP contribution in [0, 0.1) is 11.3 Å². The van der Waals surface area contributed by atoms with Crippen LogP contribution in [0.4, 0.5) is 0 Å². The van der Waals surface area contributed by atoms with Gasteiger partial charge in [-0.25, -0.2) is 0 Å². The minimum atomic E-state index is -1.06. The van der Waals surface area contributed by atoms with Crippen molar-refractivity contribution in [2.45, 2.75) is 46.6 Å². The first-order valence-electron chi connectivity index (χ1n) is 7.02. The van der Waals surface area contributed by atoms with Crippen molar-refractivity contribution in [2.75, 3.05) is 19.6 Å². The molecule has 1 aliphatic rings. The summed E-state index contributed by atoms with van der Waals surface area (Å²) in [4.78, 5) is 25.5. The molecule has 2 N–H and O–H groups in total. The molecule has 5 nitrogen and oxygen atoms in total. The van der Waals surface area contributed by atoms with Gasteiger partial charge in [0, 0.05) is 19.1 Å². The van der Waals surface area contributed by atoms with Gasteiger partial charge in [0.1, 0.15) is 5.92 Å². The Bertz CT molecular complexity index is 332. The first-order chi connectivity index (χ1) is 8.77. The zero-order chi connectivity index (χ0) is 14.6. The number of amides is 1. The molecule has 0 aromatic heterocycles. The second-order valence-electron chi connectivity index (χ2n) is 6.29. The number of rotatable bonds is 7. The van der Waals surface area contributed by atoms with E-state index >= 15 is 0 Å². The number of likely N-dealkylation sites (N-methyl/N-ethyl adjacent to an activating group) is 1. The lowest BCUT2D eigenvalue weighted by Crippen LogP contribution is -2.45. The maximum Gasteiger partial charge on any atom is 0.316 e. The molecule has 19 heavy (non-hydrogen) atoms. The number of hydrogen-bond acceptors (Lipinski definition) is 3. The van der Waals surface area contributed by atoms with Gasteiger partial charge in [0.05, 0.1) is 0 Å². The van der Waals surface area contributed by atoms with Crippen molar-refractivity contribution in [1.29, 1.82) is 0 Å². The molecule has 1 atom stereocenters. The molecular formula is C14H26N2O3. The van der Waals surface area contributed by atoms with Crippen LogP contribution in [0.15, 0.2) is 0 Å². The normalized spacial score (nSPS) is 17.3. The summed E-state index contributed by atoms with van der Waals surface area (Å²) in [5.74, 6) is -2.44. The third-order valence-corrected chi connectivity index (χ3v) is 3.54. The highest BCUT2D eigenvalue weighted by molar-refractivity contribution is 5.97. The molecule has 1 fully saturated rings. The van der Waals surface area contributed by atoms with E-state index in [-0.39, 0.29) is 5.91 Å². The Kier molecular flexibility index (Phi) is 5.35. The SMILES string of the molecule is CCN(CCNC(=O)C(C(=O)O)C(C)(C)C)C1CC1. The van der Waals surface area contributed by atoms with E-state index in [1.165, 1.54) is 12.8 Å². The first kappa shape index (κ1) is 16.0. The van der Waals surface area contributed by atoms with Gasteiger partial charge < -0.3 is 10.4 Å². The molecule has 5 heteroatoms. The summed E-state index contributed by atoms with van der Waals surface area (Å²) in [6, 6.07) is 0.666. The van der Waals surface area contributed by atoms with Crippen LogP contribution in [-0.4, -0.2) is 47.6 Å². The highest BCUT2D eigenvalue weighted by atomic mass is 16.4. The summed E-state index contributed by atoms with van der Waals surface area (Å²) in [7, 11) is 0. The standard InChI is InChI=1S/C14H26N2O3/c1-5-16(10-6-7-10)9-8-15-12(17)11(13(18)19)14(2,3)4/h10-11H,5-9H2,1-4H3,(H,15,17)(H,18,19). The van der Waals surface area contributed by atoms with E-state index in [1.807, 2.05) is 0 Å². The lowest BCUT2D eigenvalue weighted by atomic mass is 9.80. The fourth-order valence-corrected chi connectivity index (χ4v) is 2.34. The number of hydrogen-bond donors (Lipinski definition) is 2. The van der Waals surface area contributed by atoms with E-state index < -0.39 is 17.3 Å². The summed E-state index contributed by atoms with van der Waals surface area (Å²) in [6.07, 6.45) is 2.48. The molecular weight excluding hydrogens is 244 g/mol. The summed E-state index contributed by atoms with van der Waals surface area (Å²) in [5.41, 5.74) is -0.573. The number of carbonyl (C=O) groups is 2. The van der Waals surface area contributed by atoms with E-state index in [2.05, 4.69) is 17.1 Å². The van der Waals surface area contributed by atoms with Crippen molar-refractivity contribution in [2.24, 2.45) is 11.3 Å². The summed E-state index contributed by atoms with van der Waals surface area (Å²) in [6.45, 7) is 9.71. The zero-order valence-electron chi connectivity index (χ0n) is 12.4. The molecule has 1 unspecified atom stereocenters. The third kappa shape index (κ3) is 4.82. The number of aliphatic carboxylic acids is 1. The Morgan fingerprint density at radius 1 is 1.37 bits per heavy atom. The van der Waals surface area contributed by atoms with Crippen molar-refractivity contribution >= 4 is 11.9 Å². The van der Waals surface area contributed by atoms with Crippen molar-refractivity contribution in [3.05, 3.63) is 0 Å². The van der Waals surface area contributed by atoms with E-state index in [9.17, 15) is 9.59 Å². The molecule has 0 saturated heterocycles. The van der Waals surface area contributed by atoms with Gasteiger partial charge in [-0.2, -0.15) is 0 Å². The number of carbonyl (C=O) groups excluding carboxylic acids is 1. The minimum Gasteiger partial charge on any atom is -0.481 e. The van der Waals surface area contributed by atoms with Gasteiger partial charge in [0.15, 0.2) is 0 Å². The number of carboxylic acids is 1. The molecule has 0 aromatic rings. The average molecular weight is 270 g/mol. The monoisotopic (exact) mass is 270 g/mol. The van der Waals surface area contributed by atoms with Crippen molar-refractivity contribution in [3.8, 4) is 0 Å². The molecule has 0 bridgehead atoms.